The molecule has 0 bridgehead atoms. The van der Waals surface area contributed by atoms with Crippen molar-refractivity contribution >= 4 is 28.9 Å². The smallest absolute Gasteiger partial charge is 0.292 e. The van der Waals surface area contributed by atoms with Crippen LogP contribution >= 0.6 is 11.6 Å². The summed E-state index contributed by atoms with van der Waals surface area (Å²) in [7, 11) is 0. The molecule has 1 amide bonds. The highest BCUT2D eigenvalue weighted by Crippen LogP contribution is 2.27. The largest absolute Gasteiger partial charge is 0.320 e. The molecule has 0 saturated heterocycles. The molecule has 1 atom stereocenters. The van der Waals surface area contributed by atoms with E-state index in [-0.39, 0.29) is 11.4 Å². The van der Waals surface area contributed by atoms with E-state index in [9.17, 15) is 14.9 Å². The number of benzene rings is 1. The molecule has 0 heterocycles. The highest BCUT2D eigenvalue weighted by atomic mass is 35.5. The maximum atomic E-state index is 11.7. The second-order valence-electron chi connectivity index (χ2n) is 3.80. The number of nitrogens with zero attached hydrogens (tertiary/aromatic N) is 1. The maximum absolute atomic E-state index is 11.7. The fourth-order valence-corrected chi connectivity index (χ4v) is 1.61. The van der Waals surface area contributed by atoms with E-state index in [2.05, 4.69) is 5.32 Å². The van der Waals surface area contributed by atoms with Crippen LogP contribution < -0.4 is 11.1 Å². The molecule has 1 aromatic rings. The van der Waals surface area contributed by atoms with Crippen molar-refractivity contribution in [2.75, 3.05) is 5.32 Å². The Morgan fingerprint density at radius 3 is 2.83 bits per heavy atom. The van der Waals surface area contributed by atoms with Gasteiger partial charge >= 0.3 is 0 Å². The van der Waals surface area contributed by atoms with E-state index in [0.717, 1.165) is 6.42 Å². The minimum absolute atomic E-state index is 0.0593. The number of nitro benzene ring substituents is 1. The molecule has 0 aliphatic carbocycles. The number of hydrogen-bond donors (Lipinski definition) is 2. The second-order valence-corrected chi connectivity index (χ2v) is 4.24. The van der Waals surface area contributed by atoms with Crippen LogP contribution in [0.15, 0.2) is 18.2 Å². The first-order valence-corrected chi connectivity index (χ1v) is 5.84. The summed E-state index contributed by atoms with van der Waals surface area (Å²) in [5.41, 5.74) is 5.47. The van der Waals surface area contributed by atoms with Crippen molar-refractivity contribution in [2.45, 2.75) is 25.8 Å². The van der Waals surface area contributed by atoms with Gasteiger partial charge in [0.1, 0.15) is 5.69 Å². The molecular formula is C11H14ClN3O3. The van der Waals surface area contributed by atoms with Crippen molar-refractivity contribution in [1.29, 1.82) is 0 Å². The van der Waals surface area contributed by atoms with Crippen molar-refractivity contribution in [2.24, 2.45) is 5.73 Å². The monoisotopic (exact) mass is 271 g/mol. The molecule has 0 unspecified atom stereocenters. The van der Waals surface area contributed by atoms with Crippen molar-refractivity contribution in [3.05, 3.63) is 33.3 Å². The van der Waals surface area contributed by atoms with Gasteiger partial charge in [-0.15, -0.1) is 0 Å². The molecule has 1 rings (SSSR count). The van der Waals surface area contributed by atoms with E-state index < -0.39 is 16.9 Å². The highest BCUT2D eigenvalue weighted by Gasteiger charge is 2.19. The summed E-state index contributed by atoms with van der Waals surface area (Å²) >= 11 is 5.74. The summed E-state index contributed by atoms with van der Waals surface area (Å²) in [6.07, 6.45) is 1.27. The van der Waals surface area contributed by atoms with Gasteiger partial charge in [0.15, 0.2) is 0 Å². The third kappa shape index (κ3) is 3.68. The maximum Gasteiger partial charge on any atom is 0.292 e. The summed E-state index contributed by atoms with van der Waals surface area (Å²) in [6.45, 7) is 1.90. The van der Waals surface area contributed by atoms with E-state index in [1.807, 2.05) is 6.92 Å². The van der Waals surface area contributed by atoms with Gasteiger partial charge in [-0.1, -0.05) is 24.9 Å². The Balaban J connectivity index is 2.92. The lowest BCUT2D eigenvalue weighted by molar-refractivity contribution is -0.383. The number of hydrogen-bond acceptors (Lipinski definition) is 4. The van der Waals surface area contributed by atoms with Gasteiger partial charge < -0.3 is 11.1 Å². The molecule has 0 aliphatic rings. The van der Waals surface area contributed by atoms with E-state index >= 15 is 0 Å². The minimum Gasteiger partial charge on any atom is -0.320 e. The van der Waals surface area contributed by atoms with Crippen molar-refractivity contribution in [3.63, 3.8) is 0 Å². The zero-order valence-corrected chi connectivity index (χ0v) is 10.6. The fraction of sp³-hybridized carbons (Fsp3) is 0.364. The van der Waals surface area contributed by atoms with Crippen molar-refractivity contribution in [1.82, 2.24) is 0 Å². The Labute approximate surface area is 109 Å². The Kier molecular flexibility index (Phi) is 5.06. The van der Waals surface area contributed by atoms with Crippen LogP contribution in [0.1, 0.15) is 19.8 Å². The van der Waals surface area contributed by atoms with Gasteiger partial charge in [0.2, 0.25) is 5.91 Å². The van der Waals surface area contributed by atoms with Crippen molar-refractivity contribution < 1.29 is 9.72 Å². The molecule has 0 radical (unpaired) electrons. The first-order chi connectivity index (χ1) is 8.45. The Hall–Kier alpha value is -1.66. The van der Waals surface area contributed by atoms with Crippen molar-refractivity contribution in [3.8, 4) is 0 Å². The zero-order valence-electron chi connectivity index (χ0n) is 9.85. The minimum atomic E-state index is -0.686. The molecule has 6 nitrogen and oxygen atoms in total. The molecule has 98 valence electrons. The van der Waals surface area contributed by atoms with Gasteiger partial charge in [-0.05, 0) is 18.6 Å². The number of nitro groups is 1. The molecule has 7 heteroatoms. The van der Waals surface area contributed by atoms with Gasteiger partial charge in [-0.3, -0.25) is 14.9 Å². The van der Waals surface area contributed by atoms with Crippen LogP contribution in [0.25, 0.3) is 0 Å². The molecule has 1 aromatic carbocycles. The normalized spacial score (nSPS) is 11.9. The first kappa shape index (κ1) is 14.4. The van der Waals surface area contributed by atoms with Crippen LogP contribution in [-0.4, -0.2) is 16.9 Å². The number of nitrogens with one attached hydrogen (secondary N) is 1. The first-order valence-electron chi connectivity index (χ1n) is 5.46. The Morgan fingerprint density at radius 1 is 1.61 bits per heavy atom. The van der Waals surface area contributed by atoms with Gasteiger partial charge in [0, 0.05) is 11.1 Å². The lowest BCUT2D eigenvalue weighted by Gasteiger charge is -2.11. The van der Waals surface area contributed by atoms with Crippen LogP contribution in [0, 0.1) is 10.1 Å². The number of carbonyl (C=O) groups excluding carboxylic acids is 1. The summed E-state index contributed by atoms with van der Waals surface area (Å²) in [5.74, 6) is -0.456. The third-order valence-corrected chi connectivity index (χ3v) is 2.58. The average molecular weight is 272 g/mol. The SMILES string of the molecule is CCC[C@@H](N)C(=O)Nc1cc(Cl)ccc1[N+](=O)[O-]. The Bertz CT molecular complexity index is 465. The number of amides is 1. The van der Waals surface area contributed by atoms with E-state index in [1.165, 1.54) is 18.2 Å². The second kappa shape index (κ2) is 6.32. The molecule has 0 saturated carbocycles. The van der Waals surface area contributed by atoms with Gasteiger partial charge in [0.05, 0.1) is 11.0 Å². The Morgan fingerprint density at radius 2 is 2.28 bits per heavy atom. The topological polar surface area (TPSA) is 98.3 Å². The molecular weight excluding hydrogens is 258 g/mol. The average Bonchev–Trinajstić information content (AvgIpc) is 2.28. The van der Waals surface area contributed by atoms with E-state index in [1.54, 1.807) is 0 Å². The van der Waals surface area contributed by atoms with Crippen LogP contribution in [0.5, 0.6) is 0 Å². The van der Waals surface area contributed by atoms with Gasteiger partial charge in [-0.25, -0.2) is 0 Å². The number of halogens is 1. The van der Waals surface area contributed by atoms with Gasteiger partial charge in [0.25, 0.3) is 5.69 Å². The predicted molar refractivity (Wildman–Crippen MR) is 69.6 cm³/mol. The zero-order chi connectivity index (χ0) is 13.7. The molecule has 0 fully saturated rings. The fourth-order valence-electron chi connectivity index (χ4n) is 1.44. The quantitative estimate of drug-likeness (QED) is 0.634. The number of anilines is 1. The lowest BCUT2D eigenvalue weighted by Crippen LogP contribution is -2.35. The summed E-state index contributed by atoms with van der Waals surface area (Å²) in [4.78, 5) is 21.9. The van der Waals surface area contributed by atoms with E-state index in [0.29, 0.717) is 11.4 Å². The summed E-state index contributed by atoms with van der Waals surface area (Å²) < 4.78 is 0. The van der Waals surface area contributed by atoms with Crippen LogP contribution in [0.4, 0.5) is 11.4 Å². The lowest BCUT2D eigenvalue weighted by atomic mass is 10.1. The third-order valence-electron chi connectivity index (χ3n) is 2.35. The molecule has 0 aliphatic heterocycles. The van der Waals surface area contributed by atoms with E-state index in [4.69, 9.17) is 17.3 Å². The standard InChI is InChI=1S/C11H14ClN3O3/c1-2-3-8(13)11(16)14-9-6-7(12)4-5-10(9)15(17)18/h4-6,8H,2-3,13H2,1H3,(H,14,16)/t8-/m1/s1. The predicted octanol–water partition coefficient (Wildman–Crippen LogP) is 2.31. The number of rotatable bonds is 5. The molecule has 18 heavy (non-hydrogen) atoms. The number of nitrogens with two attached hydrogens (primary N) is 1. The molecule has 0 spiro atoms. The highest BCUT2D eigenvalue weighted by molar-refractivity contribution is 6.31. The summed E-state index contributed by atoms with van der Waals surface area (Å²) in [5, 5.41) is 13.5. The summed E-state index contributed by atoms with van der Waals surface area (Å²) in [6, 6.07) is 3.27. The van der Waals surface area contributed by atoms with Gasteiger partial charge in [-0.2, -0.15) is 0 Å². The number of carbonyl (C=O) groups is 1. The molecule has 3 N–H and O–H groups in total. The molecule has 0 aromatic heterocycles. The van der Waals surface area contributed by atoms with Crippen LogP contribution in [-0.2, 0) is 4.79 Å². The van der Waals surface area contributed by atoms with Crippen LogP contribution in [0.3, 0.4) is 0 Å². The van der Waals surface area contributed by atoms with Crippen LogP contribution in [0.2, 0.25) is 5.02 Å².